The number of ether oxygens (including phenoxy) is 1. The van der Waals surface area contributed by atoms with E-state index in [1.54, 1.807) is 24.5 Å². The van der Waals surface area contributed by atoms with Crippen molar-refractivity contribution in [2.45, 2.75) is 12.6 Å². The number of rotatable bonds is 5. The van der Waals surface area contributed by atoms with Crippen LogP contribution in [0, 0.1) is 11.3 Å². The number of nitrogens with zero attached hydrogens (tertiary/aromatic N) is 2. The molecule has 0 bridgehead atoms. The third-order valence-corrected chi connectivity index (χ3v) is 2.90. The van der Waals surface area contributed by atoms with Crippen molar-refractivity contribution < 1.29 is 9.84 Å². The zero-order chi connectivity index (χ0) is 14.4. The molecule has 102 valence electrons. The highest BCUT2D eigenvalue weighted by Gasteiger charge is 2.12. The van der Waals surface area contributed by atoms with E-state index in [4.69, 9.17) is 4.74 Å². The van der Waals surface area contributed by atoms with E-state index in [-0.39, 0.29) is 5.75 Å². The van der Waals surface area contributed by atoms with Gasteiger partial charge in [-0.15, -0.1) is 0 Å². The van der Waals surface area contributed by atoms with E-state index in [1.165, 1.54) is 13.2 Å². The lowest BCUT2D eigenvalue weighted by Crippen LogP contribution is -2.19. The number of hydrogen-bond donors (Lipinski definition) is 2. The normalized spacial score (nSPS) is 11.6. The van der Waals surface area contributed by atoms with Crippen molar-refractivity contribution in [2.75, 3.05) is 7.11 Å². The highest BCUT2D eigenvalue weighted by molar-refractivity contribution is 5.43. The summed E-state index contributed by atoms with van der Waals surface area (Å²) in [4.78, 5) is 4.02. The summed E-state index contributed by atoms with van der Waals surface area (Å²) >= 11 is 0. The molecule has 1 unspecified atom stereocenters. The molecular formula is C15H15N3O2. The number of phenolic OH excluding ortho intramolecular Hbond substituents is 1. The van der Waals surface area contributed by atoms with Crippen LogP contribution in [0.4, 0.5) is 0 Å². The van der Waals surface area contributed by atoms with Crippen molar-refractivity contribution in [2.24, 2.45) is 0 Å². The first-order valence-corrected chi connectivity index (χ1v) is 6.13. The van der Waals surface area contributed by atoms with E-state index >= 15 is 0 Å². The van der Waals surface area contributed by atoms with Crippen LogP contribution in [0.15, 0.2) is 42.7 Å². The Balaban J connectivity index is 2.11. The number of hydrogen-bond acceptors (Lipinski definition) is 5. The van der Waals surface area contributed by atoms with Gasteiger partial charge in [0.25, 0.3) is 0 Å². The van der Waals surface area contributed by atoms with Crippen molar-refractivity contribution in [1.82, 2.24) is 10.3 Å². The van der Waals surface area contributed by atoms with E-state index in [2.05, 4.69) is 16.4 Å². The van der Waals surface area contributed by atoms with Crippen LogP contribution in [0.3, 0.4) is 0 Å². The van der Waals surface area contributed by atoms with Gasteiger partial charge in [0.15, 0.2) is 11.5 Å². The molecule has 1 aromatic carbocycles. The van der Waals surface area contributed by atoms with E-state index < -0.39 is 6.04 Å². The first kappa shape index (κ1) is 13.8. The molecule has 2 N–H and O–H groups in total. The third-order valence-electron chi connectivity index (χ3n) is 2.90. The number of nitriles is 1. The minimum atomic E-state index is -0.482. The topological polar surface area (TPSA) is 78.2 Å². The molecule has 0 aliphatic heterocycles. The Morgan fingerprint density at radius 3 is 2.95 bits per heavy atom. The Kier molecular flexibility index (Phi) is 4.53. The fourth-order valence-corrected chi connectivity index (χ4v) is 1.83. The van der Waals surface area contributed by atoms with Crippen LogP contribution in [-0.2, 0) is 6.54 Å². The number of methoxy groups -OCH3 is 1. The third kappa shape index (κ3) is 3.25. The van der Waals surface area contributed by atoms with Crippen LogP contribution in [0.25, 0.3) is 0 Å². The molecule has 1 aromatic heterocycles. The molecule has 0 amide bonds. The molecule has 0 radical (unpaired) electrons. The van der Waals surface area contributed by atoms with Gasteiger partial charge in [-0.05, 0) is 29.3 Å². The fourth-order valence-electron chi connectivity index (χ4n) is 1.83. The summed E-state index contributed by atoms with van der Waals surface area (Å²) in [5, 5.41) is 22.0. The molecular weight excluding hydrogens is 254 g/mol. The van der Waals surface area contributed by atoms with Gasteiger partial charge in [0.05, 0.1) is 13.2 Å². The molecule has 2 aromatic rings. The average Bonchev–Trinajstić information content (AvgIpc) is 2.50. The lowest BCUT2D eigenvalue weighted by Gasteiger charge is -2.13. The summed E-state index contributed by atoms with van der Waals surface area (Å²) in [6.07, 6.45) is 3.45. The minimum Gasteiger partial charge on any atom is -0.504 e. The van der Waals surface area contributed by atoms with E-state index in [9.17, 15) is 10.4 Å². The zero-order valence-corrected chi connectivity index (χ0v) is 11.1. The zero-order valence-electron chi connectivity index (χ0n) is 11.1. The smallest absolute Gasteiger partial charge is 0.160 e. The fraction of sp³-hybridized carbons (Fsp3) is 0.200. The largest absolute Gasteiger partial charge is 0.504 e. The quantitative estimate of drug-likeness (QED) is 0.869. The van der Waals surface area contributed by atoms with Crippen LogP contribution in [0.2, 0.25) is 0 Å². The second-order valence-electron chi connectivity index (χ2n) is 4.24. The monoisotopic (exact) mass is 269 g/mol. The van der Waals surface area contributed by atoms with Gasteiger partial charge in [-0.1, -0.05) is 12.1 Å². The van der Waals surface area contributed by atoms with Gasteiger partial charge in [-0.3, -0.25) is 10.3 Å². The molecule has 2 rings (SSSR count). The average molecular weight is 269 g/mol. The molecule has 5 nitrogen and oxygen atoms in total. The molecule has 20 heavy (non-hydrogen) atoms. The standard InChI is InChI=1S/C15H15N3O2/c1-20-15-7-12(4-5-14(15)19)13(8-16)18-10-11-3-2-6-17-9-11/h2-7,9,13,18-19H,10H2,1H3. The molecule has 1 atom stereocenters. The summed E-state index contributed by atoms with van der Waals surface area (Å²) in [6.45, 7) is 0.537. The molecule has 5 heteroatoms. The van der Waals surface area contributed by atoms with Gasteiger partial charge in [0.1, 0.15) is 6.04 Å². The molecule has 0 fully saturated rings. The van der Waals surface area contributed by atoms with Crippen LogP contribution in [0.1, 0.15) is 17.2 Å². The molecule has 0 saturated carbocycles. The van der Waals surface area contributed by atoms with Crippen molar-refractivity contribution in [3.05, 3.63) is 53.9 Å². The lowest BCUT2D eigenvalue weighted by molar-refractivity contribution is 0.372. The van der Waals surface area contributed by atoms with Gasteiger partial charge in [-0.2, -0.15) is 5.26 Å². The summed E-state index contributed by atoms with van der Waals surface area (Å²) in [6, 6.07) is 10.4. The lowest BCUT2D eigenvalue weighted by atomic mass is 10.1. The van der Waals surface area contributed by atoms with Crippen LogP contribution in [-0.4, -0.2) is 17.2 Å². The van der Waals surface area contributed by atoms with Gasteiger partial charge in [0, 0.05) is 18.9 Å². The number of pyridine rings is 1. The van der Waals surface area contributed by atoms with E-state index in [1.807, 2.05) is 12.1 Å². The Morgan fingerprint density at radius 2 is 2.30 bits per heavy atom. The van der Waals surface area contributed by atoms with Crippen LogP contribution < -0.4 is 10.1 Å². The van der Waals surface area contributed by atoms with Crippen molar-refractivity contribution in [3.8, 4) is 17.6 Å². The summed E-state index contributed by atoms with van der Waals surface area (Å²) in [5.41, 5.74) is 1.74. The van der Waals surface area contributed by atoms with Gasteiger partial charge < -0.3 is 9.84 Å². The Bertz CT molecular complexity index is 608. The van der Waals surface area contributed by atoms with Gasteiger partial charge in [-0.25, -0.2) is 0 Å². The van der Waals surface area contributed by atoms with Crippen molar-refractivity contribution in [1.29, 1.82) is 5.26 Å². The maximum absolute atomic E-state index is 9.56. The van der Waals surface area contributed by atoms with Crippen LogP contribution in [0.5, 0.6) is 11.5 Å². The summed E-state index contributed by atoms with van der Waals surface area (Å²) in [7, 11) is 1.48. The van der Waals surface area contributed by atoms with Gasteiger partial charge in [0.2, 0.25) is 0 Å². The van der Waals surface area contributed by atoms with E-state index in [0.717, 1.165) is 11.1 Å². The predicted octanol–water partition coefficient (Wildman–Crippen LogP) is 2.15. The second kappa shape index (κ2) is 6.55. The molecule has 0 aliphatic carbocycles. The number of aromatic hydroxyl groups is 1. The Labute approximate surface area is 117 Å². The SMILES string of the molecule is COc1cc(C(C#N)NCc2cccnc2)ccc1O. The second-order valence-corrected chi connectivity index (χ2v) is 4.24. The molecule has 1 heterocycles. The minimum absolute atomic E-state index is 0.0557. The molecule has 0 aliphatic rings. The van der Waals surface area contributed by atoms with Gasteiger partial charge >= 0.3 is 0 Å². The number of nitrogens with one attached hydrogen (secondary N) is 1. The molecule has 0 spiro atoms. The Hall–Kier alpha value is -2.58. The highest BCUT2D eigenvalue weighted by atomic mass is 16.5. The van der Waals surface area contributed by atoms with E-state index in [0.29, 0.717) is 12.3 Å². The number of phenols is 1. The summed E-state index contributed by atoms with van der Waals surface area (Å²) < 4.78 is 5.05. The first-order valence-electron chi connectivity index (χ1n) is 6.13. The highest BCUT2D eigenvalue weighted by Crippen LogP contribution is 2.28. The van der Waals surface area contributed by atoms with Crippen molar-refractivity contribution in [3.63, 3.8) is 0 Å². The summed E-state index contributed by atoms with van der Waals surface area (Å²) in [5.74, 6) is 0.408. The predicted molar refractivity (Wildman–Crippen MR) is 74.1 cm³/mol. The first-order chi connectivity index (χ1) is 9.74. The number of benzene rings is 1. The van der Waals surface area contributed by atoms with Crippen LogP contribution >= 0.6 is 0 Å². The maximum atomic E-state index is 9.56. The molecule has 0 saturated heterocycles. The number of aromatic nitrogens is 1. The maximum Gasteiger partial charge on any atom is 0.160 e. The van der Waals surface area contributed by atoms with Crippen molar-refractivity contribution >= 4 is 0 Å². The Morgan fingerprint density at radius 1 is 1.45 bits per heavy atom.